The van der Waals surface area contributed by atoms with Crippen molar-refractivity contribution in [3.63, 3.8) is 0 Å². The van der Waals surface area contributed by atoms with E-state index in [0.717, 1.165) is 0 Å². The third-order valence-electron chi connectivity index (χ3n) is 2.68. The Bertz CT molecular complexity index is 412. The van der Waals surface area contributed by atoms with E-state index in [0.29, 0.717) is 24.9 Å². The summed E-state index contributed by atoms with van der Waals surface area (Å²) in [6.45, 7) is 2.32. The second-order valence-corrected chi connectivity index (χ2v) is 4.52. The molecule has 0 saturated carbocycles. The van der Waals surface area contributed by atoms with Crippen molar-refractivity contribution >= 4 is 17.6 Å². The minimum atomic E-state index is -0.396. The van der Waals surface area contributed by atoms with Gasteiger partial charge in [-0.05, 0) is 19.4 Å². The topological polar surface area (TPSA) is 38.3 Å². The number of carbonyl (C=O) groups excluding carboxylic acids is 1. The molecule has 0 fully saturated rings. The highest BCUT2D eigenvalue weighted by Gasteiger charge is 2.09. The summed E-state index contributed by atoms with van der Waals surface area (Å²) in [4.78, 5) is 11.0. The molecule has 18 heavy (non-hydrogen) atoms. The predicted octanol–water partition coefficient (Wildman–Crippen LogP) is 2.91. The number of halogens is 2. The van der Waals surface area contributed by atoms with Crippen LogP contribution in [-0.4, -0.2) is 19.1 Å². The number of benzene rings is 1. The molecule has 100 valence electrons. The Balaban J connectivity index is 2.40. The van der Waals surface area contributed by atoms with Gasteiger partial charge in [0, 0.05) is 24.6 Å². The van der Waals surface area contributed by atoms with E-state index in [4.69, 9.17) is 11.6 Å². The van der Waals surface area contributed by atoms with Crippen LogP contribution in [0.25, 0.3) is 0 Å². The van der Waals surface area contributed by atoms with Crippen LogP contribution in [0.4, 0.5) is 4.39 Å². The third kappa shape index (κ3) is 4.63. The molecule has 0 heterocycles. The van der Waals surface area contributed by atoms with Crippen LogP contribution in [0.5, 0.6) is 0 Å². The van der Waals surface area contributed by atoms with Gasteiger partial charge in [0.25, 0.3) is 0 Å². The second-order valence-electron chi connectivity index (χ2n) is 4.11. The first kappa shape index (κ1) is 14.9. The zero-order valence-electron chi connectivity index (χ0n) is 10.5. The molecule has 0 spiro atoms. The number of nitrogens with one attached hydrogen (secondary N) is 1. The molecule has 0 aromatic heterocycles. The molecule has 0 aliphatic rings. The zero-order valence-corrected chi connectivity index (χ0v) is 11.3. The second kappa shape index (κ2) is 7.34. The quantitative estimate of drug-likeness (QED) is 0.810. The van der Waals surface area contributed by atoms with Gasteiger partial charge >= 0.3 is 5.97 Å². The fourth-order valence-electron chi connectivity index (χ4n) is 1.51. The summed E-state index contributed by atoms with van der Waals surface area (Å²) >= 11 is 5.69. The molecule has 0 radical (unpaired) electrons. The fourth-order valence-corrected chi connectivity index (χ4v) is 1.70. The lowest BCUT2D eigenvalue weighted by atomic mass is 10.1. The Morgan fingerprint density at radius 3 is 2.94 bits per heavy atom. The molecule has 0 saturated heterocycles. The molecule has 1 aromatic rings. The van der Waals surface area contributed by atoms with E-state index >= 15 is 0 Å². The van der Waals surface area contributed by atoms with Crippen LogP contribution in [0.2, 0.25) is 5.02 Å². The van der Waals surface area contributed by atoms with E-state index in [-0.39, 0.29) is 17.0 Å². The largest absolute Gasteiger partial charge is 0.469 e. The van der Waals surface area contributed by atoms with Gasteiger partial charge in [0.2, 0.25) is 0 Å². The highest BCUT2D eigenvalue weighted by atomic mass is 35.5. The number of hydrogen-bond acceptors (Lipinski definition) is 3. The van der Waals surface area contributed by atoms with Gasteiger partial charge in [-0.1, -0.05) is 23.7 Å². The monoisotopic (exact) mass is 273 g/mol. The summed E-state index contributed by atoms with van der Waals surface area (Å²) in [5.41, 5.74) is 0.521. The van der Waals surface area contributed by atoms with Gasteiger partial charge in [0.1, 0.15) is 5.82 Å². The van der Waals surface area contributed by atoms with E-state index in [1.807, 2.05) is 6.92 Å². The van der Waals surface area contributed by atoms with Crippen molar-refractivity contribution in [3.8, 4) is 0 Å². The highest BCUT2D eigenvalue weighted by Crippen LogP contribution is 2.17. The normalized spacial score (nSPS) is 12.2. The number of esters is 1. The number of hydrogen-bond donors (Lipinski definition) is 1. The highest BCUT2D eigenvalue weighted by molar-refractivity contribution is 6.30. The van der Waals surface area contributed by atoms with E-state index in [1.165, 1.54) is 13.2 Å². The third-order valence-corrected chi connectivity index (χ3v) is 2.97. The summed E-state index contributed by atoms with van der Waals surface area (Å²) < 4.78 is 18.1. The summed E-state index contributed by atoms with van der Waals surface area (Å²) in [6, 6.07) is 5.01. The van der Waals surface area contributed by atoms with Gasteiger partial charge in [0.05, 0.1) is 12.1 Å². The van der Waals surface area contributed by atoms with Crippen LogP contribution >= 0.6 is 11.6 Å². The van der Waals surface area contributed by atoms with Crippen LogP contribution < -0.4 is 5.32 Å². The number of rotatable bonds is 6. The molecule has 1 unspecified atom stereocenters. The Labute approximate surface area is 111 Å². The summed E-state index contributed by atoms with van der Waals surface area (Å²) in [5, 5.41) is 3.26. The van der Waals surface area contributed by atoms with E-state index in [2.05, 4.69) is 10.1 Å². The standard InChI is InChI=1S/C13H17ClFNO2/c1-9(6-7-12(17)18-2)16-8-10-4-3-5-11(14)13(10)15/h3-5,9,16H,6-8H2,1-2H3. The number of ether oxygens (including phenoxy) is 1. The van der Waals surface area contributed by atoms with Crippen molar-refractivity contribution in [2.75, 3.05) is 7.11 Å². The SMILES string of the molecule is COC(=O)CCC(C)NCc1cccc(Cl)c1F. The minimum absolute atomic E-state index is 0.0995. The predicted molar refractivity (Wildman–Crippen MR) is 69.0 cm³/mol. The van der Waals surface area contributed by atoms with Gasteiger partial charge in [-0.25, -0.2) is 4.39 Å². The average Bonchev–Trinajstić information content (AvgIpc) is 2.37. The first-order valence-corrected chi connectivity index (χ1v) is 6.15. The molecule has 0 aliphatic heterocycles. The first-order valence-electron chi connectivity index (χ1n) is 5.77. The molecule has 1 N–H and O–H groups in total. The maximum atomic E-state index is 13.6. The van der Waals surface area contributed by atoms with Gasteiger partial charge in [-0.3, -0.25) is 4.79 Å². The van der Waals surface area contributed by atoms with Crippen molar-refractivity contribution in [2.24, 2.45) is 0 Å². The van der Waals surface area contributed by atoms with Crippen molar-refractivity contribution in [1.29, 1.82) is 0 Å². The van der Waals surface area contributed by atoms with E-state index in [9.17, 15) is 9.18 Å². The average molecular weight is 274 g/mol. The van der Waals surface area contributed by atoms with Gasteiger partial charge in [0.15, 0.2) is 0 Å². The summed E-state index contributed by atoms with van der Waals surface area (Å²) in [5.74, 6) is -0.635. The molecule has 1 rings (SSSR count). The lowest BCUT2D eigenvalue weighted by Crippen LogP contribution is -2.26. The van der Waals surface area contributed by atoms with Crippen molar-refractivity contribution in [2.45, 2.75) is 32.4 Å². The van der Waals surface area contributed by atoms with Crippen LogP contribution in [-0.2, 0) is 16.1 Å². The van der Waals surface area contributed by atoms with E-state index < -0.39 is 5.82 Å². The molecule has 0 bridgehead atoms. The summed E-state index contributed by atoms with van der Waals surface area (Å²) in [6.07, 6.45) is 0.998. The number of methoxy groups -OCH3 is 1. The van der Waals surface area contributed by atoms with Crippen molar-refractivity contribution in [1.82, 2.24) is 5.32 Å². The van der Waals surface area contributed by atoms with Crippen molar-refractivity contribution < 1.29 is 13.9 Å². The molecule has 3 nitrogen and oxygen atoms in total. The van der Waals surface area contributed by atoms with Gasteiger partial charge < -0.3 is 10.1 Å². The maximum Gasteiger partial charge on any atom is 0.305 e. The Morgan fingerprint density at radius 2 is 2.28 bits per heavy atom. The van der Waals surface area contributed by atoms with E-state index in [1.54, 1.807) is 12.1 Å². The smallest absolute Gasteiger partial charge is 0.305 e. The molecule has 1 atom stereocenters. The van der Waals surface area contributed by atoms with Crippen LogP contribution in [0, 0.1) is 5.82 Å². The molecule has 0 amide bonds. The Hall–Kier alpha value is -1.13. The fraction of sp³-hybridized carbons (Fsp3) is 0.462. The molecule has 0 aliphatic carbocycles. The lowest BCUT2D eigenvalue weighted by Gasteiger charge is -2.13. The zero-order chi connectivity index (χ0) is 13.5. The van der Waals surface area contributed by atoms with Crippen molar-refractivity contribution in [3.05, 3.63) is 34.6 Å². The summed E-state index contributed by atoms with van der Waals surface area (Å²) in [7, 11) is 1.36. The maximum absolute atomic E-state index is 13.6. The van der Waals surface area contributed by atoms with Gasteiger partial charge in [-0.2, -0.15) is 0 Å². The van der Waals surface area contributed by atoms with Crippen LogP contribution in [0.3, 0.4) is 0 Å². The first-order chi connectivity index (χ1) is 8.54. The molecule has 5 heteroatoms. The number of carbonyl (C=O) groups is 1. The Morgan fingerprint density at radius 1 is 1.56 bits per heavy atom. The van der Waals surface area contributed by atoms with Gasteiger partial charge in [-0.15, -0.1) is 0 Å². The molecular weight excluding hydrogens is 257 g/mol. The lowest BCUT2D eigenvalue weighted by molar-refractivity contribution is -0.140. The van der Waals surface area contributed by atoms with Crippen LogP contribution in [0.15, 0.2) is 18.2 Å². The minimum Gasteiger partial charge on any atom is -0.469 e. The Kier molecular flexibility index (Phi) is 6.09. The molecule has 1 aromatic carbocycles. The molecular formula is C13H17ClFNO2. The van der Waals surface area contributed by atoms with Crippen LogP contribution in [0.1, 0.15) is 25.3 Å².